The van der Waals surface area contributed by atoms with Crippen molar-refractivity contribution in [3.63, 3.8) is 0 Å². The number of H-pyrrole nitrogens is 1. The quantitative estimate of drug-likeness (QED) is 0.695. The third-order valence-electron chi connectivity index (χ3n) is 4.51. The topological polar surface area (TPSA) is 74.4 Å². The van der Waals surface area contributed by atoms with Crippen LogP contribution < -0.4 is 10.1 Å². The van der Waals surface area contributed by atoms with Crippen LogP contribution in [-0.2, 0) is 0 Å². The van der Waals surface area contributed by atoms with Gasteiger partial charge < -0.3 is 19.9 Å². The lowest BCUT2D eigenvalue weighted by Crippen LogP contribution is -2.30. The minimum Gasteiger partial charge on any atom is -0.497 e. The number of aromatic nitrogens is 1. The van der Waals surface area contributed by atoms with Gasteiger partial charge in [-0.25, -0.2) is 0 Å². The van der Waals surface area contributed by atoms with Crippen molar-refractivity contribution in [1.82, 2.24) is 9.88 Å². The molecular weight excluding hydrogens is 342 g/mol. The summed E-state index contributed by atoms with van der Waals surface area (Å²) in [5, 5.41) is 3.78. The molecule has 6 nitrogen and oxygen atoms in total. The van der Waals surface area contributed by atoms with Crippen LogP contribution in [-0.4, -0.2) is 41.9 Å². The Morgan fingerprint density at radius 1 is 1.04 bits per heavy atom. The number of nitrogens with zero attached hydrogens (tertiary/aromatic N) is 1. The van der Waals surface area contributed by atoms with Crippen molar-refractivity contribution < 1.29 is 14.3 Å². The maximum atomic E-state index is 12.5. The summed E-state index contributed by atoms with van der Waals surface area (Å²) in [5.41, 5.74) is 2.53. The molecule has 2 N–H and O–H groups in total. The van der Waals surface area contributed by atoms with E-state index >= 15 is 0 Å². The van der Waals surface area contributed by atoms with Crippen LogP contribution in [0.1, 0.15) is 34.7 Å². The number of anilines is 1. The molecule has 140 valence electrons. The summed E-state index contributed by atoms with van der Waals surface area (Å²) in [6.07, 6.45) is 0. The normalized spacial score (nSPS) is 10.6. The molecule has 1 aromatic heterocycles. The average molecular weight is 365 g/mol. The Morgan fingerprint density at radius 3 is 2.37 bits per heavy atom. The summed E-state index contributed by atoms with van der Waals surface area (Å²) in [4.78, 5) is 29.7. The monoisotopic (exact) mass is 365 g/mol. The Morgan fingerprint density at radius 2 is 1.74 bits per heavy atom. The fraction of sp³-hybridized carbons (Fsp3) is 0.238. The van der Waals surface area contributed by atoms with E-state index in [4.69, 9.17) is 4.74 Å². The standard InChI is InChI=1S/C21H23N3O3/c1-4-24(5-2)21(26)14-6-9-16(10-7-14)22-20(25)19-12-15-8-11-17(27-3)13-18(15)23-19/h6-13,23H,4-5H2,1-3H3,(H,22,25). The van der Waals surface area contributed by atoms with E-state index < -0.39 is 0 Å². The van der Waals surface area contributed by atoms with Crippen LogP contribution in [0.3, 0.4) is 0 Å². The molecule has 1 heterocycles. The second-order valence-corrected chi connectivity index (χ2v) is 6.15. The van der Waals surface area contributed by atoms with Crippen molar-refractivity contribution >= 4 is 28.4 Å². The Balaban J connectivity index is 1.73. The number of fused-ring (bicyclic) bond motifs is 1. The molecule has 0 aliphatic rings. The van der Waals surface area contributed by atoms with E-state index in [0.29, 0.717) is 30.0 Å². The molecule has 0 unspecified atom stereocenters. The number of hydrogen-bond acceptors (Lipinski definition) is 3. The van der Waals surface area contributed by atoms with Crippen LogP contribution in [0.25, 0.3) is 10.9 Å². The van der Waals surface area contributed by atoms with Crippen molar-refractivity contribution in [3.8, 4) is 5.75 Å². The van der Waals surface area contributed by atoms with Gasteiger partial charge in [-0.2, -0.15) is 0 Å². The van der Waals surface area contributed by atoms with E-state index in [-0.39, 0.29) is 11.8 Å². The number of benzene rings is 2. The highest BCUT2D eigenvalue weighted by molar-refractivity contribution is 6.06. The van der Waals surface area contributed by atoms with Crippen molar-refractivity contribution in [2.45, 2.75) is 13.8 Å². The van der Waals surface area contributed by atoms with Crippen molar-refractivity contribution in [2.75, 3.05) is 25.5 Å². The van der Waals surface area contributed by atoms with Crippen LogP contribution in [0, 0.1) is 0 Å². The maximum Gasteiger partial charge on any atom is 0.272 e. The first kappa shape index (κ1) is 18.5. The van der Waals surface area contributed by atoms with Gasteiger partial charge in [-0.05, 0) is 56.3 Å². The molecule has 3 rings (SSSR count). The third-order valence-corrected chi connectivity index (χ3v) is 4.51. The van der Waals surface area contributed by atoms with E-state index in [9.17, 15) is 9.59 Å². The summed E-state index contributed by atoms with van der Waals surface area (Å²) in [6.45, 7) is 5.23. The Kier molecular flexibility index (Phi) is 5.45. The predicted molar refractivity (Wildman–Crippen MR) is 106 cm³/mol. The molecule has 2 aromatic carbocycles. The summed E-state index contributed by atoms with van der Waals surface area (Å²) >= 11 is 0. The van der Waals surface area contributed by atoms with E-state index in [2.05, 4.69) is 10.3 Å². The van der Waals surface area contributed by atoms with Crippen LogP contribution >= 0.6 is 0 Å². The number of rotatable bonds is 6. The average Bonchev–Trinajstić information content (AvgIpc) is 3.12. The Labute approximate surface area is 158 Å². The van der Waals surface area contributed by atoms with Crippen molar-refractivity contribution in [3.05, 3.63) is 59.8 Å². The van der Waals surface area contributed by atoms with Gasteiger partial charge in [0.25, 0.3) is 11.8 Å². The van der Waals surface area contributed by atoms with Gasteiger partial charge in [0, 0.05) is 41.3 Å². The van der Waals surface area contributed by atoms with E-state index in [1.807, 2.05) is 32.0 Å². The number of amides is 2. The number of nitrogens with one attached hydrogen (secondary N) is 2. The number of hydrogen-bond donors (Lipinski definition) is 2. The number of carbonyl (C=O) groups is 2. The molecule has 2 amide bonds. The highest BCUT2D eigenvalue weighted by Crippen LogP contribution is 2.22. The van der Waals surface area contributed by atoms with Crippen LogP contribution in [0.15, 0.2) is 48.5 Å². The maximum absolute atomic E-state index is 12.5. The molecule has 0 saturated heterocycles. The number of ether oxygens (including phenoxy) is 1. The van der Waals surface area contributed by atoms with Gasteiger partial charge in [0.05, 0.1) is 7.11 Å². The molecule has 0 bridgehead atoms. The zero-order valence-electron chi connectivity index (χ0n) is 15.7. The van der Waals surface area contributed by atoms with Crippen molar-refractivity contribution in [1.29, 1.82) is 0 Å². The lowest BCUT2D eigenvalue weighted by atomic mass is 10.1. The molecule has 0 saturated carbocycles. The largest absolute Gasteiger partial charge is 0.497 e. The zero-order valence-corrected chi connectivity index (χ0v) is 15.7. The molecular formula is C21H23N3O3. The fourth-order valence-corrected chi connectivity index (χ4v) is 2.94. The van der Waals surface area contributed by atoms with Gasteiger partial charge >= 0.3 is 0 Å². The van der Waals surface area contributed by atoms with Crippen LogP contribution in [0.5, 0.6) is 5.75 Å². The summed E-state index contributed by atoms with van der Waals surface area (Å²) in [5.74, 6) is 0.472. The molecule has 3 aromatic rings. The van der Waals surface area contributed by atoms with E-state index in [1.165, 1.54) is 0 Å². The molecule has 0 fully saturated rings. The van der Waals surface area contributed by atoms with Gasteiger partial charge in [0.1, 0.15) is 11.4 Å². The molecule has 0 atom stereocenters. The fourth-order valence-electron chi connectivity index (χ4n) is 2.94. The van der Waals surface area contributed by atoms with Crippen molar-refractivity contribution in [2.24, 2.45) is 0 Å². The molecule has 0 aliphatic heterocycles. The van der Waals surface area contributed by atoms with Gasteiger partial charge in [0.15, 0.2) is 0 Å². The molecule has 6 heteroatoms. The lowest BCUT2D eigenvalue weighted by molar-refractivity contribution is 0.0773. The molecule has 0 radical (unpaired) electrons. The van der Waals surface area contributed by atoms with Gasteiger partial charge in [-0.3, -0.25) is 9.59 Å². The van der Waals surface area contributed by atoms with Crippen LogP contribution in [0.4, 0.5) is 5.69 Å². The minimum atomic E-state index is -0.243. The summed E-state index contributed by atoms with van der Waals surface area (Å²) < 4.78 is 5.20. The van der Waals surface area contributed by atoms with Gasteiger partial charge in [-0.15, -0.1) is 0 Å². The van der Waals surface area contributed by atoms with Gasteiger partial charge in [0.2, 0.25) is 0 Å². The van der Waals surface area contributed by atoms with Gasteiger partial charge in [-0.1, -0.05) is 0 Å². The Hall–Kier alpha value is -3.28. The second-order valence-electron chi connectivity index (χ2n) is 6.15. The number of carbonyl (C=O) groups excluding carboxylic acids is 2. The highest BCUT2D eigenvalue weighted by atomic mass is 16.5. The highest BCUT2D eigenvalue weighted by Gasteiger charge is 2.13. The zero-order chi connectivity index (χ0) is 19.4. The molecule has 0 aliphatic carbocycles. The minimum absolute atomic E-state index is 0.0116. The Bertz CT molecular complexity index is 956. The SMILES string of the molecule is CCN(CC)C(=O)c1ccc(NC(=O)c2cc3ccc(OC)cc3[nH]2)cc1. The molecule has 27 heavy (non-hydrogen) atoms. The summed E-state index contributed by atoms with van der Waals surface area (Å²) in [7, 11) is 1.60. The smallest absolute Gasteiger partial charge is 0.272 e. The number of methoxy groups -OCH3 is 1. The third kappa shape index (κ3) is 3.95. The van der Waals surface area contributed by atoms with Crippen LogP contribution in [0.2, 0.25) is 0 Å². The lowest BCUT2D eigenvalue weighted by Gasteiger charge is -2.18. The first-order valence-electron chi connectivity index (χ1n) is 8.93. The van der Waals surface area contributed by atoms with E-state index in [1.54, 1.807) is 42.3 Å². The molecule has 0 spiro atoms. The first-order chi connectivity index (χ1) is 13.0. The number of aromatic amines is 1. The predicted octanol–water partition coefficient (Wildman–Crippen LogP) is 3.91. The summed E-state index contributed by atoms with van der Waals surface area (Å²) in [6, 6.07) is 14.3. The van der Waals surface area contributed by atoms with E-state index in [0.717, 1.165) is 16.7 Å². The second kappa shape index (κ2) is 7.95. The first-order valence-corrected chi connectivity index (χ1v) is 8.93.